The maximum atomic E-state index is 14.9. The molecular weight excluding hydrogens is 1270 g/mol. The molecule has 3 saturated carbocycles. The van der Waals surface area contributed by atoms with E-state index in [1.807, 2.05) is 0 Å². The lowest BCUT2D eigenvalue weighted by Gasteiger charge is -2.36. The van der Waals surface area contributed by atoms with E-state index in [1.165, 1.54) is 14.7 Å². The lowest BCUT2D eigenvalue weighted by Crippen LogP contribution is -2.57. The number of piperidine rings is 1. The number of amides is 11. The van der Waals surface area contributed by atoms with E-state index in [9.17, 15) is 68.5 Å². The molecule has 11 amide bonds. The third-order valence-electron chi connectivity index (χ3n) is 23.8. The quantitative estimate of drug-likeness (QED) is 0.0980. The Bertz CT molecular complexity index is 3360. The molecule has 9 aliphatic heterocycles. The van der Waals surface area contributed by atoms with Crippen molar-refractivity contribution in [2.24, 2.45) is 35.5 Å². The van der Waals surface area contributed by atoms with Gasteiger partial charge in [-0.3, -0.25) is 53.0 Å². The smallest absolute Gasteiger partial charge is 0.411 e. The van der Waals surface area contributed by atoms with Gasteiger partial charge in [-0.2, -0.15) is 15.8 Å². The Morgan fingerprint density at radius 3 is 1.33 bits per heavy atom. The zero-order valence-corrected chi connectivity index (χ0v) is 58.5. The van der Waals surface area contributed by atoms with E-state index in [2.05, 4.69) is 44.8 Å². The number of hydrogen-bond acceptors (Lipinski definition) is 17. The van der Waals surface area contributed by atoms with Crippen LogP contribution in [0.5, 0.6) is 0 Å². The van der Waals surface area contributed by atoms with Gasteiger partial charge >= 0.3 is 12.2 Å². The number of nitrogens with zero attached hydrogens (tertiary/aromatic N) is 10. The van der Waals surface area contributed by atoms with Gasteiger partial charge in [-0.25, -0.2) is 9.59 Å². The molecule has 538 valence electrons. The molecule has 28 nitrogen and oxygen atoms in total. The zero-order valence-electron chi connectivity index (χ0n) is 58.5. The highest BCUT2D eigenvalue weighted by Gasteiger charge is 2.62. The van der Waals surface area contributed by atoms with Crippen LogP contribution in [0.4, 0.5) is 9.59 Å². The Hall–Kier alpha value is -7.80. The van der Waals surface area contributed by atoms with E-state index in [1.54, 1.807) is 61.1 Å². The van der Waals surface area contributed by atoms with Crippen LogP contribution in [0.1, 0.15) is 189 Å². The van der Waals surface area contributed by atoms with Gasteiger partial charge in [-0.05, 0) is 201 Å². The molecule has 12 rings (SSSR count). The lowest BCUT2D eigenvalue weighted by atomic mass is 9.87. The van der Waals surface area contributed by atoms with Gasteiger partial charge in [0.2, 0.25) is 53.2 Å². The van der Waals surface area contributed by atoms with Crippen LogP contribution in [0.3, 0.4) is 0 Å². The van der Waals surface area contributed by atoms with Crippen molar-refractivity contribution < 1.29 is 62.2 Å². The van der Waals surface area contributed by atoms with Crippen molar-refractivity contribution in [1.29, 1.82) is 15.8 Å². The zero-order chi connectivity index (χ0) is 70.7. The number of ether oxygens (including phenoxy) is 2. The summed E-state index contributed by atoms with van der Waals surface area (Å²) in [4.78, 5) is 167. The third-order valence-corrected chi connectivity index (χ3v) is 23.8. The molecule has 0 bridgehead atoms. The van der Waals surface area contributed by atoms with E-state index in [0.717, 1.165) is 25.7 Å². The Balaban J connectivity index is 0.669. The Labute approximate surface area is 579 Å². The summed E-state index contributed by atoms with van der Waals surface area (Å²) >= 11 is 0. The van der Waals surface area contributed by atoms with Gasteiger partial charge in [0.1, 0.15) is 58.5 Å². The van der Waals surface area contributed by atoms with Gasteiger partial charge in [0, 0.05) is 82.2 Å². The van der Waals surface area contributed by atoms with Crippen molar-refractivity contribution in [3.63, 3.8) is 0 Å². The van der Waals surface area contributed by atoms with Gasteiger partial charge in [-0.1, -0.05) is 12.8 Å². The molecule has 12 aliphatic rings. The van der Waals surface area contributed by atoms with E-state index in [0.29, 0.717) is 129 Å². The molecule has 12 fully saturated rings. The highest BCUT2D eigenvalue weighted by molar-refractivity contribution is 5.98. The van der Waals surface area contributed by atoms with Crippen LogP contribution in [0.2, 0.25) is 0 Å². The number of hydrogen-bond donors (Lipinski definition) is 5. The summed E-state index contributed by atoms with van der Waals surface area (Å²) in [6.07, 6.45) is 9.63. The average molecular weight is 1370 g/mol. The fraction of sp³-hybridized carbons (Fsp3) is 0.803. The topological polar surface area (TPSA) is 360 Å². The van der Waals surface area contributed by atoms with Crippen molar-refractivity contribution >= 4 is 65.4 Å². The van der Waals surface area contributed by atoms with E-state index in [-0.39, 0.29) is 117 Å². The van der Waals surface area contributed by atoms with Crippen molar-refractivity contribution in [1.82, 2.24) is 60.9 Å². The van der Waals surface area contributed by atoms with Gasteiger partial charge in [0.15, 0.2) is 0 Å². The second-order valence-corrected chi connectivity index (χ2v) is 32.7. The summed E-state index contributed by atoms with van der Waals surface area (Å²) in [6, 6.07) is -0.0228. The minimum absolute atomic E-state index is 0.00589. The first kappa shape index (κ1) is 71.0. The molecule has 99 heavy (non-hydrogen) atoms. The molecule has 3 spiro atoms. The lowest BCUT2D eigenvalue weighted by molar-refractivity contribution is -0.143. The molecule has 3 aliphatic carbocycles. The Morgan fingerprint density at radius 2 is 0.929 bits per heavy atom. The van der Waals surface area contributed by atoms with E-state index >= 15 is 0 Å². The Kier molecular flexibility index (Phi) is 20.1. The summed E-state index contributed by atoms with van der Waals surface area (Å²) in [5.41, 5.74) is -4.71. The first-order chi connectivity index (χ1) is 47.1. The van der Waals surface area contributed by atoms with Gasteiger partial charge in [0.25, 0.3) is 0 Å². The number of likely N-dealkylation sites (tertiary alicyclic amines) is 7. The van der Waals surface area contributed by atoms with Crippen molar-refractivity contribution in [2.45, 2.75) is 265 Å². The average Bonchev–Trinajstić information content (AvgIpc) is 1.61. The molecule has 0 aromatic rings. The molecule has 5 N–H and O–H groups in total. The molecule has 10 unspecified atom stereocenters. The fourth-order valence-electron chi connectivity index (χ4n) is 18.2. The summed E-state index contributed by atoms with van der Waals surface area (Å²) in [5, 5.41) is 46.4. The highest BCUT2D eigenvalue weighted by atomic mass is 16.6. The van der Waals surface area contributed by atoms with Crippen LogP contribution in [0.15, 0.2) is 0 Å². The second-order valence-electron chi connectivity index (χ2n) is 32.7. The highest BCUT2D eigenvalue weighted by Crippen LogP contribution is 2.49. The summed E-state index contributed by atoms with van der Waals surface area (Å²) in [6.45, 7) is 13.9. The number of nitrogens with one attached hydrogen (secondary N) is 5. The molecule has 0 aromatic carbocycles. The predicted octanol–water partition coefficient (Wildman–Crippen LogP) is 3.23. The predicted molar refractivity (Wildman–Crippen MR) is 352 cm³/mol. The van der Waals surface area contributed by atoms with E-state index < -0.39 is 112 Å². The Morgan fingerprint density at radius 1 is 0.495 bits per heavy atom. The third kappa shape index (κ3) is 14.6. The first-order valence-electron chi connectivity index (χ1n) is 36.8. The van der Waals surface area contributed by atoms with Crippen molar-refractivity contribution in [2.75, 3.05) is 58.9 Å². The van der Waals surface area contributed by atoms with Crippen LogP contribution < -0.4 is 26.6 Å². The summed E-state index contributed by atoms with van der Waals surface area (Å²) in [7, 11) is 0. The van der Waals surface area contributed by atoms with Crippen LogP contribution >= 0.6 is 0 Å². The normalized spacial score (nSPS) is 32.3. The van der Waals surface area contributed by atoms with Crippen LogP contribution in [-0.4, -0.2) is 235 Å². The SMILES string of the molecule is CC(C)(C)OC(=O)N1CCCC12CCN(C(CC1CC1N1CC[C@@H](C[C@@H](C#N)NC(=O)[C@H](CC3CC3N3CC[C@@H](C[C@@H](C#N)NC(=O)[C@H](CC4CC4)N4CCC5(CCCN5C(=O)OC(C)(C)C)C4=O)C3=O)N3CCC4(CCCCN4)C3=O)C1=O)C(=O)NC(C#N)CC1CCNC1=O)C2=O. The maximum Gasteiger partial charge on any atom is 0.411 e. The minimum Gasteiger partial charge on any atom is -0.444 e. The van der Waals surface area contributed by atoms with Gasteiger partial charge < -0.3 is 60.6 Å². The fourth-order valence-corrected chi connectivity index (χ4v) is 18.2. The van der Waals surface area contributed by atoms with Crippen LogP contribution in [0.25, 0.3) is 0 Å². The minimum atomic E-state index is -1.21. The summed E-state index contributed by atoms with van der Waals surface area (Å²) < 4.78 is 11.5. The number of nitriles is 3. The van der Waals surface area contributed by atoms with Crippen LogP contribution in [0, 0.1) is 69.5 Å². The van der Waals surface area contributed by atoms with Gasteiger partial charge in [0.05, 0.1) is 23.7 Å². The largest absolute Gasteiger partial charge is 0.444 e. The summed E-state index contributed by atoms with van der Waals surface area (Å²) in [5.74, 6) is -4.79. The monoisotopic (exact) mass is 1370 g/mol. The number of carbonyl (C=O) groups is 11. The number of carbonyl (C=O) groups excluding carboxylic acids is 11. The van der Waals surface area contributed by atoms with Crippen molar-refractivity contribution in [3.05, 3.63) is 0 Å². The maximum absolute atomic E-state index is 14.9. The molecule has 16 atom stereocenters. The standard InChI is InChI=1S/C71H101N15O13/c1-67(2,3)98-65(96)85-24-9-17-70(85)20-29-83(63(70)94)53(31-42-11-12-42)57(88)78-49(40-73)33-44-14-26-80(60(44)91)51-35-46(51)37-54(82-28-19-69(62(82)93)16-7-8-22-76-69)58(89)79-50(41-74)34-45-15-27-81(61(45)92)52-36-47(52)38-55(59(90)77-48(39-72)32-43-13-23-75-56(43)87)84-30-21-71(64(84)95)18-10-25-86(71)66(97)99-68(4,5)6/h42-55,76H,7-38H2,1-6H3,(H,75,87)(H,77,90)(H,78,88)(H,79,89)/t43?,44-,45-,46?,47?,48?,49-,50-,51?,52?,53-,54-,55?,69?,70?,71?/m0/s1. The van der Waals surface area contributed by atoms with Crippen LogP contribution in [-0.2, 0) is 52.6 Å². The molecule has 0 radical (unpaired) electrons. The number of rotatable bonds is 23. The molecule has 9 saturated heterocycles. The molecule has 28 heteroatoms. The van der Waals surface area contributed by atoms with Crippen molar-refractivity contribution in [3.8, 4) is 18.2 Å². The van der Waals surface area contributed by atoms with E-state index in [4.69, 9.17) is 9.47 Å². The second kappa shape index (κ2) is 28.0. The van der Waals surface area contributed by atoms with Gasteiger partial charge in [-0.15, -0.1) is 0 Å². The molecular formula is C71H101N15O13. The molecule has 0 aromatic heterocycles. The molecule has 9 heterocycles. The first-order valence-corrected chi connectivity index (χ1v) is 36.8.